The predicted molar refractivity (Wildman–Crippen MR) is 67.4 cm³/mol. The Labute approximate surface area is 107 Å². The number of amides is 1. The third-order valence-corrected chi connectivity index (χ3v) is 3.10. The Morgan fingerprint density at radius 3 is 2.82 bits per heavy atom. The number of carboxylic acid groups (broad SMARTS) is 1. The molecule has 0 spiro atoms. The first kappa shape index (κ1) is 11.9. The number of rotatable bonds is 2. The zero-order chi connectivity index (χ0) is 12.6. The number of nitrogens with zero attached hydrogens (tertiary/aromatic N) is 2. The summed E-state index contributed by atoms with van der Waals surface area (Å²) in [6, 6.07) is 5.48. The van der Waals surface area contributed by atoms with E-state index in [1.165, 1.54) is 4.90 Å². The van der Waals surface area contributed by atoms with Gasteiger partial charge in [0.15, 0.2) is 0 Å². The fourth-order valence-corrected chi connectivity index (χ4v) is 2.20. The minimum absolute atomic E-state index is 0.196. The van der Waals surface area contributed by atoms with Crippen molar-refractivity contribution in [2.45, 2.75) is 0 Å². The Morgan fingerprint density at radius 2 is 2.18 bits per heavy atom. The maximum atomic E-state index is 11.8. The molecule has 2 rings (SSSR count). The molecule has 0 aromatic heterocycles. The highest BCUT2D eigenvalue weighted by molar-refractivity contribution is 9.10. The van der Waals surface area contributed by atoms with Crippen molar-refractivity contribution in [3.63, 3.8) is 0 Å². The molecular formula is C11H11BrN2O3. The van der Waals surface area contributed by atoms with Crippen LogP contribution in [0.1, 0.15) is 0 Å². The van der Waals surface area contributed by atoms with Crippen LogP contribution in [0, 0.1) is 0 Å². The summed E-state index contributed by atoms with van der Waals surface area (Å²) in [5.41, 5.74) is 1.48. The van der Waals surface area contributed by atoms with E-state index in [1.54, 1.807) is 6.07 Å². The summed E-state index contributed by atoms with van der Waals surface area (Å²) in [6.07, 6.45) is 0. The van der Waals surface area contributed by atoms with E-state index < -0.39 is 5.97 Å². The van der Waals surface area contributed by atoms with Gasteiger partial charge in [-0.1, -0.05) is 15.9 Å². The van der Waals surface area contributed by atoms with Gasteiger partial charge in [0.25, 0.3) is 0 Å². The number of hydrogen-bond acceptors (Lipinski definition) is 3. The first-order valence-electron chi connectivity index (χ1n) is 5.02. The molecule has 1 aromatic rings. The molecule has 1 aliphatic rings. The molecule has 5 nitrogen and oxygen atoms in total. The normalized spacial score (nSPS) is 14.8. The Kier molecular flexibility index (Phi) is 3.06. The lowest BCUT2D eigenvalue weighted by Gasteiger charge is -2.34. The molecule has 6 heteroatoms. The van der Waals surface area contributed by atoms with Crippen molar-refractivity contribution in [3.05, 3.63) is 22.7 Å². The number of carboxylic acids is 1. The molecule has 1 N–H and O–H groups in total. The fraction of sp³-hybridized carbons (Fsp3) is 0.273. The summed E-state index contributed by atoms with van der Waals surface area (Å²) in [5, 5.41) is 8.83. The average molecular weight is 299 g/mol. The molecule has 1 heterocycles. The van der Waals surface area contributed by atoms with Crippen molar-refractivity contribution >= 4 is 39.2 Å². The Morgan fingerprint density at radius 1 is 1.47 bits per heavy atom. The van der Waals surface area contributed by atoms with Crippen molar-refractivity contribution in [2.75, 3.05) is 29.9 Å². The van der Waals surface area contributed by atoms with Crippen molar-refractivity contribution < 1.29 is 14.7 Å². The molecule has 1 aliphatic heterocycles. The van der Waals surface area contributed by atoms with Crippen molar-refractivity contribution in [3.8, 4) is 0 Å². The summed E-state index contributed by atoms with van der Waals surface area (Å²) in [4.78, 5) is 25.7. The van der Waals surface area contributed by atoms with Gasteiger partial charge < -0.3 is 10.0 Å². The smallest absolute Gasteiger partial charge is 0.323 e. The zero-order valence-electron chi connectivity index (χ0n) is 9.18. The Hall–Kier alpha value is -1.56. The summed E-state index contributed by atoms with van der Waals surface area (Å²) < 4.78 is 0.815. The molecule has 17 heavy (non-hydrogen) atoms. The molecule has 1 aromatic carbocycles. The van der Waals surface area contributed by atoms with Crippen LogP contribution in [-0.2, 0) is 9.59 Å². The van der Waals surface area contributed by atoms with Crippen molar-refractivity contribution in [2.24, 2.45) is 0 Å². The van der Waals surface area contributed by atoms with E-state index in [0.717, 1.165) is 10.2 Å². The van der Waals surface area contributed by atoms with E-state index in [9.17, 15) is 9.59 Å². The SMILES string of the molecule is CN1CC(=O)N(CC(=O)O)c2cc(Br)ccc21. The van der Waals surface area contributed by atoms with Crippen LogP contribution in [0.15, 0.2) is 22.7 Å². The summed E-state index contributed by atoms with van der Waals surface area (Å²) in [7, 11) is 1.81. The number of carbonyl (C=O) groups excluding carboxylic acids is 1. The highest BCUT2D eigenvalue weighted by Gasteiger charge is 2.28. The minimum Gasteiger partial charge on any atom is -0.480 e. The third kappa shape index (κ3) is 2.26. The van der Waals surface area contributed by atoms with Gasteiger partial charge in [-0.15, -0.1) is 0 Å². The van der Waals surface area contributed by atoms with Crippen LogP contribution < -0.4 is 9.80 Å². The molecule has 1 amide bonds. The average Bonchev–Trinajstić information content (AvgIpc) is 2.23. The highest BCUT2D eigenvalue weighted by Crippen LogP contribution is 2.34. The van der Waals surface area contributed by atoms with Crippen LogP contribution in [0.25, 0.3) is 0 Å². The van der Waals surface area contributed by atoms with Gasteiger partial charge in [-0.25, -0.2) is 0 Å². The van der Waals surface area contributed by atoms with Gasteiger partial charge in [0.1, 0.15) is 6.54 Å². The van der Waals surface area contributed by atoms with Gasteiger partial charge in [-0.3, -0.25) is 14.5 Å². The van der Waals surface area contributed by atoms with E-state index in [0.29, 0.717) is 5.69 Å². The standard InChI is InChI=1S/C11H11BrN2O3/c1-13-5-10(15)14(6-11(16)17)9-4-7(12)2-3-8(9)13/h2-4H,5-6H2,1H3,(H,16,17). The van der Waals surface area contributed by atoms with E-state index >= 15 is 0 Å². The topological polar surface area (TPSA) is 60.9 Å². The predicted octanol–water partition coefficient (Wildman–Crippen LogP) is 1.32. The van der Waals surface area contributed by atoms with Crippen LogP contribution in [-0.4, -0.2) is 37.1 Å². The number of carbonyl (C=O) groups is 2. The van der Waals surface area contributed by atoms with Crippen molar-refractivity contribution in [1.29, 1.82) is 0 Å². The van der Waals surface area contributed by atoms with Crippen molar-refractivity contribution in [1.82, 2.24) is 0 Å². The molecule has 0 saturated carbocycles. The van der Waals surface area contributed by atoms with E-state index in [-0.39, 0.29) is 19.0 Å². The molecule has 0 saturated heterocycles. The second-order valence-electron chi connectivity index (χ2n) is 3.86. The van der Waals surface area contributed by atoms with E-state index in [1.807, 2.05) is 24.1 Å². The van der Waals surface area contributed by atoms with Gasteiger partial charge in [0, 0.05) is 11.5 Å². The van der Waals surface area contributed by atoms with Crippen LogP contribution in [0.5, 0.6) is 0 Å². The monoisotopic (exact) mass is 298 g/mol. The quantitative estimate of drug-likeness (QED) is 0.894. The molecule has 90 valence electrons. The molecular weight excluding hydrogens is 288 g/mol. The van der Waals surface area contributed by atoms with Crippen LogP contribution in [0.3, 0.4) is 0 Å². The van der Waals surface area contributed by atoms with Crippen LogP contribution in [0.4, 0.5) is 11.4 Å². The molecule has 0 atom stereocenters. The zero-order valence-corrected chi connectivity index (χ0v) is 10.8. The Bertz CT molecular complexity index is 490. The second kappa shape index (κ2) is 4.37. The number of aliphatic carboxylic acids is 1. The van der Waals surface area contributed by atoms with Gasteiger partial charge in [0.05, 0.1) is 17.9 Å². The van der Waals surface area contributed by atoms with Crippen LogP contribution in [0.2, 0.25) is 0 Å². The van der Waals surface area contributed by atoms with Gasteiger partial charge in [-0.05, 0) is 18.2 Å². The largest absolute Gasteiger partial charge is 0.480 e. The summed E-state index contributed by atoms with van der Waals surface area (Å²) >= 11 is 3.32. The van der Waals surface area contributed by atoms with Gasteiger partial charge in [-0.2, -0.15) is 0 Å². The third-order valence-electron chi connectivity index (χ3n) is 2.61. The number of benzene rings is 1. The number of fused-ring (bicyclic) bond motifs is 1. The molecule has 0 radical (unpaired) electrons. The summed E-state index contributed by atoms with van der Waals surface area (Å²) in [6.45, 7) is -0.113. The number of anilines is 2. The molecule has 0 fully saturated rings. The molecule has 0 aliphatic carbocycles. The maximum absolute atomic E-state index is 11.8. The Balaban J connectivity index is 2.48. The van der Waals surface area contributed by atoms with Crippen LogP contribution >= 0.6 is 15.9 Å². The first-order chi connectivity index (χ1) is 7.99. The number of hydrogen-bond donors (Lipinski definition) is 1. The second-order valence-corrected chi connectivity index (χ2v) is 4.78. The maximum Gasteiger partial charge on any atom is 0.323 e. The minimum atomic E-state index is -1.02. The summed E-state index contributed by atoms with van der Waals surface area (Å²) in [5.74, 6) is -1.23. The van der Waals surface area contributed by atoms with E-state index in [2.05, 4.69) is 15.9 Å². The molecule has 0 bridgehead atoms. The lowest BCUT2D eigenvalue weighted by Crippen LogP contribution is -2.46. The van der Waals surface area contributed by atoms with E-state index in [4.69, 9.17) is 5.11 Å². The highest BCUT2D eigenvalue weighted by atomic mass is 79.9. The van der Waals surface area contributed by atoms with Gasteiger partial charge >= 0.3 is 5.97 Å². The fourth-order valence-electron chi connectivity index (χ4n) is 1.85. The lowest BCUT2D eigenvalue weighted by atomic mass is 10.1. The van der Waals surface area contributed by atoms with Gasteiger partial charge in [0.2, 0.25) is 5.91 Å². The number of halogens is 1. The number of likely N-dealkylation sites (N-methyl/N-ethyl adjacent to an activating group) is 1. The lowest BCUT2D eigenvalue weighted by molar-refractivity contribution is -0.136. The first-order valence-corrected chi connectivity index (χ1v) is 5.81. The molecule has 0 unspecified atom stereocenters.